The van der Waals surface area contributed by atoms with E-state index in [4.69, 9.17) is 18.7 Å². The van der Waals surface area contributed by atoms with Gasteiger partial charge in [0.25, 0.3) is 0 Å². The zero-order valence-corrected chi connectivity index (χ0v) is 20.7. The standard InChI is InChI=1S/C26H32N4O5/c1-17-7-5-8-18(13-17)25-28-22(35-29-25)16-30-12-6-9-20(15-30)26(31)27-14-19-10-11-21(32-2)24(34-4)23(19)33-3/h5,7-8,10-11,13,20H,6,9,12,14-16H2,1-4H3,(H,27,31). The van der Waals surface area contributed by atoms with Gasteiger partial charge in [0, 0.05) is 24.2 Å². The number of nitrogens with zero attached hydrogens (tertiary/aromatic N) is 3. The van der Waals surface area contributed by atoms with Crippen LogP contribution in [0, 0.1) is 12.8 Å². The Labute approximate surface area is 205 Å². The second kappa shape index (κ2) is 11.2. The lowest BCUT2D eigenvalue weighted by Gasteiger charge is -2.31. The molecule has 9 heteroatoms. The Morgan fingerprint density at radius 3 is 2.71 bits per heavy atom. The number of rotatable bonds is 9. The molecule has 9 nitrogen and oxygen atoms in total. The van der Waals surface area contributed by atoms with Gasteiger partial charge in [-0.25, -0.2) is 0 Å². The molecule has 3 aromatic rings. The van der Waals surface area contributed by atoms with Crippen molar-refractivity contribution in [2.45, 2.75) is 32.9 Å². The molecule has 4 rings (SSSR count). The molecule has 1 N–H and O–H groups in total. The average Bonchev–Trinajstić information content (AvgIpc) is 3.35. The zero-order chi connectivity index (χ0) is 24.8. The van der Waals surface area contributed by atoms with Crippen LogP contribution in [-0.4, -0.2) is 55.4 Å². The lowest BCUT2D eigenvalue weighted by atomic mass is 9.97. The summed E-state index contributed by atoms with van der Waals surface area (Å²) in [5, 5.41) is 7.18. The Hall–Kier alpha value is -3.59. The van der Waals surface area contributed by atoms with Crippen LogP contribution >= 0.6 is 0 Å². The topological polar surface area (TPSA) is 99.0 Å². The molecule has 0 radical (unpaired) electrons. The molecular weight excluding hydrogens is 448 g/mol. The molecule has 0 bridgehead atoms. The summed E-state index contributed by atoms with van der Waals surface area (Å²) in [7, 11) is 4.71. The Balaban J connectivity index is 1.35. The molecule has 0 aliphatic carbocycles. The van der Waals surface area contributed by atoms with Gasteiger partial charge < -0.3 is 24.1 Å². The highest BCUT2D eigenvalue weighted by atomic mass is 16.5. The van der Waals surface area contributed by atoms with E-state index in [0.717, 1.165) is 36.1 Å². The van der Waals surface area contributed by atoms with Crippen molar-refractivity contribution in [1.29, 1.82) is 0 Å². The Kier molecular flexibility index (Phi) is 7.87. The maximum absolute atomic E-state index is 13.0. The van der Waals surface area contributed by atoms with Crippen LogP contribution in [0.4, 0.5) is 0 Å². The number of benzene rings is 2. The summed E-state index contributed by atoms with van der Waals surface area (Å²) in [6.07, 6.45) is 1.76. The predicted molar refractivity (Wildman–Crippen MR) is 130 cm³/mol. The number of amides is 1. The van der Waals surface area contributed by atoms with Crippen LogP contribution in [0.5, 0.6) is 17.2 Å². The second-order valence-corrected chi connectivity index (χ2v) is 8.67. The molecule has 2 heterocycles. The van der Waals surface area contributed by atoms with Crippen molar-refractivity contribution in [3.63, 3.8) is 0 Å². The number of piperidine rings is 1. The van der Waals surface area contributed by atoms with Crippen LogP contribution in [-0.2, 0) is 17.9 Å². The smallest absolute Gasteiger partial charge is 0.241 e. The first kappa shape index (κ1) is 24.5. The van der Waals surface area contributed by atoms with E-state index < -0.39 is 0 Å². The fourth-order valence-electron chi connectivity index (χ4n) is 4.45. The molecule has 0 saturated carbocycles. The maximum Gasteiger partial charge on any atom is 0.241 e. The van der Waals surface area contributed by atoms with Crippen molar-refractivity contribution < 1.29 is 23.5 Å². The normalized spacial score (nSPS) is 16.1. The van der Waals surface area contributed by atoms with Gasteiger partial charge in [0.15, 0.2) is 11.5 Å². The van der Waals surface area contributed by atoms with Crippen LogP contribution < -0.4 is 19.5 Å². The van der Waals surface area contributed by atoms with Crippen molar-refractivity contribution in [3.05, 3.63) is 53.4 Å². The van der Waals surface area contributed by atoms with Crippen molar-refractivity contribution in [2.75, 3.05) is 34.4 Å². The molecule has 2 aromatic carbocycles. The number of aromatic nitrogens is 2. The van der Waals surface area contributed by atoms with E-state index in [1.165, 1.54) is 0 Å². The first-order valence-electron chi connectivity index (χ1n) is 11.7. The third-order valence-electron chi connectivity index (χ3n) is 6.22. The molecule has 1 unspecified atom stereocenters. The van der Waals surface area contributed by atoms with Gasteiger partial charge in [-0.2, -0.15) is 4.98 Å². The number of likely N-dealkylation sites (tertiary alicyclic amines) is 1. The van der Waals surface area contributed by atoms with Crippen LogP contribution in [0.15, 0.2) is 40.9 Å². The number of aryl methyl sites for hydroxylation is 1. The molecule has 1 atom stereocenters. The fraction of sp³-hybridized carbons (Fsp3) is 0.423. The quantitative estimate of drug-likeness (QED) is 0.496. The van der Waals surface area contributed by atoms with Crippen LogP contribution in [0.3, 0.4) is 0 Å². The van der Waals surface area contributed by atoms with E-state index in [0.29, 0.717) is 48.6 Å². The number of hydrogen-bond donors (Lipinski definition) is 1. The van der Waals surface area contributed by atoms with Gasteiger partial charge >= 0.3 is 0 Å². The highest BCUT2D eigenvalue weighted by Crippen LogP contribution is 2.39. The Bertz CT molecular complexity index is 1160. The minimum Gasteiger partial charge on any atom is -0.493 e. The fourth-order valence-corrected chi connectivity index (χ4v) is 4.45. The number of ether oxygens (including phenoxy) is 3. The largest absolute Gasteiger partial charge is 0.493 e. The highest BCUT2D eigenvalue weighted by Gasteiger charge is 2.27. The summed E-state index contributed by atoms with van der Waals surface area (Å²) < 4.78 is 21.8. The first-order valence-corrected chi connectivity index (χ1v) is 11.7. The summed E-state index contributed by atoms with van der Waals surface area (Å²) in [5.41, 5.74) is 2.90. The number of hydrogen-bond acceptors (Lipinski definition) is 8. The molecule has 1 aliphatic rings. The van der Waals surface area contributed by atoms with Gasteiger partial charge in [-0.15, -0.1) is 0 Å². The summed E-state index contributed by atoms with van der Waals surface area (Å²) in [4.78, 5) is 19.7. The van der Waals surface area contributed by atoms with Crippen molar-refractivity contribution in [1.82, 2.24) is 20.4 Å². The lowest BCUT2D eigenvalue weighted by molar-refractivity contribution is -0.127. The Morgan fingerprint density at radius 1 is 1.14 bits per heavy atom. The molecule has 1 aromatic heterocycles. The maximum atomic E-state index is 13.0. The lowest BCUT2D eigenvalue weighted by Crippen LogP contribution is -2.42. The van der Waals surface area contributed by atoms with Crippen LogP contribution in [0.25, 0.3) is 11.4 Å². The van der Waals surface area contributed by atoms with E-state index in [1.807, 2.05) is 37.3 Å². The van der Waals surface area contributed by atoms with Crippen molar-refractivity contribution in [3.8, 4) is 28.6 Å². The van der Waals surface area contributed by atoms with Gasteiger partial charge in [-0.1, -0.05) is 28.9 Å². The highest BCUT2D eigenvalue weighted by molar-refractivity contribution is 5.79. The molecule has 186 valence electrons. The monoisotopic (exact) mass is 480 g/mol. The average molecular weight is 481 g/mol. The van der Waals surface area contributed by atoms with E-state index >= 15 is 0 Å². The van der Waals surface area contributed by atoms with E-state index in [9.17, 15) is 4.79 Å². The van der Waals surface area contributed by atoms with Gasteiger partial charge in [0.2, 0.25) is 23.4 Å². The van der Waals surface area contributed by atoms with Gasteiger partial charge in [-0.05, 0) is 44.5 Å². The third-order valence-corrected chi connectivity index (χ3v) is 6.22. The number of nitrogens with one attached hydrogen (secondary N) is 1. The SMILES string of the molecule is COc1ccc(CNC(=O)C2CCCN(Cc3nc(-c4cccc(C)c4)no3)C2)c(OC)c1OC. The van der Waals surface area contributed by atoms with Gasteiger partial charge in [0.05, 0.1) is 33.8 Å². The molecular formula is C26H32N4O5. The third kappa shape index (κ3) is 5.74. The van der Waals surface area contributed by atoms with Gasteiger partial charge in [-0.3, -0.25) is 9.69 Å². The summed E-state index contributed by atoms with van der Waals surface area (Å²) >= 11 is 0. The minimum atomic E-state index is -0.117. The summed E-state index contributed by atoms with van der Waals surface area (Å²) in [5.74, 6) is 2.67. The van der Waals surface area contributed by atoms with Crippen molar-refractivity contribution in [2.24, 2.45) is 5.92 Å². The van der Waals surface area contributed by atoms with Gasteiger partial charge in [0.1, 0.15) is 0 Å². The van der Waals surface area contributed by atoms with E-state index in [-0.39, 0.29) is 11.8 Å². The number of methoxy groups -OCH3 is 3. The van der Waals surface area contributed by atoms with E-state index in [1.54, 1.807) is 27.4 Å². The number of carbonyl (C=O) groups excluding carboxylic acids is 1. The first-order chi connectivity index (χ1) is 17.0. The summed E-state index contributed by atoms with van der Waals surface area (Å²) in [6, 6.07) is 11.7. The summed E-state index contributed by atoms with van der Waals surface area (Å²) in [6.45, 7) is 4.41. The Morgan fingerprint density at radius 2 is 1.97 bits per heavy atom. The predicted octanol–water partition coefficient (Wildman–Crippen LogP) is 3.60. The van der Waals surface area contributed by atoms with Crippen LogP contribution in [0.1, 0.15) is 29.9 Å². The van der Waals surface area contributed by atoms with Crippen molar-refractivity contribution >= 4 is 5.91 Å². The van der Waals surface area contributed by atoms with Crippen LogP contribution in [0.2, 0.25) is 0 Å². The molecule has 0 spiro atoms. The molecule has 1 saturated heterocycles. The van der Waals surface area contributed by atoms with E-state index in [2.05, 4.69) is 20.4 Å². The number of carbonyl (C=O) groups is 1. The minimum absolute atomic E-state index is 0.0116. The molecule has 1 amide bonds. The second-order valence-electron chi connectivity index (χ2n) is 8.67. The molecule has 1 aliphatic heterocycles. The molecule has 1 fully saturated rings. The molecule has 35 heavy (non-hydrogen) atoms. The zero-order valence-electron chi connectivity index (χ0n) is 20.7.